The monoisotopic (exact) mass is 327 g/mol. The zero-order valence-electron chi connectivity index (χ0n) is 13.5. The molecule has 126 valence electrons. The molecule has 0 spiro atoms. The van der Waals surface area contributed by atoms with Gasteiger partial charge in [-0.1, -0.05) is 0 Å². The summed E-state index contributed by atoms with van der Waals surface area (Å²) >= 11 is 0. The van der Waals surface area contributed by atoms with Gasteiger partial charge in [0.15, 0.2) is 0 Å². The molecule has 0 aliphatic carbocycles. The molecule has 8 heteroatoms. The summed E-state index contributed by atoms with van der Waals surface area (Å²) in [6, 6.07) is 4.12. The van der Waals surface area contributed by atoms with Gasteiger partial charge in [0.1, 0.15) is 24.2 Å². The van der Waals surface area contributed by atoms with Crippen LogP contribution >= 0.6 is 0 Å². The summed E-state index contributed by atoms with van der Waals surface area (Å²) in [5.74, 6) is 0.768. The van der Waals surface area contributed by atoms with Gasteiger partial charge in [-0.2, -0.15) is 5.26 Å². The van der Waals surface area contributed by atoms with Crippen molar-refractivity contribution in [2.75, 3.05) is 24.7 Å². The number of fused-ring (bicyclic) bond motifs is 1. The fourth-order valence-electron chi connectivity index (χ4n) is 3.15. The Balaban J connectivity index is 1.56. The van der Waals surface area contributed by atoms with Crippen molar-refractivity contribution in [2.24, 2.45) is 5.73 Å². The van der Waals surface area contributed by atoms with E-state index in [9.17, 15) is 4.79 Å². The van der Waals surface area contributed by atoms with Gasteiger partial charge in [0.25, 0.3) is 0 Å². The molecule has 3 rings (SSSR count). The number of aromatic amines is 1. The maximum Gasteiger partial charge on any atom is 0.237 e. The van der Waals surface area contributed by atoms with Crippen LogP contribution in [0.3, 0.4) is 0 Å². The van der Waals surface area contributed by atoms with Crippen LogP contribution in [0, 0.1) is 11.3 Å². The Morgan fingerprint density at radius 3 is 3.12 bits per heavy atom. The minimum Gasteiger partial charge on any atom is -0.346 e. The summed E-state index contributed by atoms with van der Waals surface area (Å²) in [5.41, 5.74) is 6.69. The van der Waals surface area contributed by atoms with Gasteiger partial charge >= 0.3 is 0 Å². The number of anilines is 1. The number of nitriles is 1. The molecule has 1 saturated heterocycles. The average Bonchev–Trinajstić information content (AvgIpc) is 3.03. The molecule has 24 heavy (non-hydrogen) atoms. The Bertz CT molecular complexity index is 750. The van der Waals surface area contributed by atoms with E-state index >= 15 is 0 Å². The van der Waals surface area contributed by atoms with Crippen LogP contribution in [-0.4, -0.2) is 51.6 Å². The molecule has 1 aliphatic heterocycles. The molecule has 3 heterocycles. The normalized spacial score (nSPS) is 16.7. The summed E-state index contributed by atoms with van der Waals surface area (Å²) in [6.07, 6.45) is 6.17. The fraction of sp³-hybridized carbons (Fsp3) is 0.500. The van der Waals surface area contributed by atoms with Crippen LogP contribution in [-0.2, 0) is 4.79 Å². The predicted octanol–water partition coefficient (Wildman–Crippen LogP) is 0.975. The van der Waals surface area contributed by atoms with E-state index in [4.69, 9.17) is 11.0 Å². The number of carbonyl (C=O) groups is 1. The molecule has 1 atom stereocenters. The highest BCUT2D eigenvalue weighted by atomic mass is 16.2. The molecule has 2 aromatic heterocycles. The number of nitrogens with zero attached hydrogens (tertiary/aromatic N) is 5. The predicted molar refractivity (Wildman–Crippen MR) is 89.9 cm³/mol. The van der Waals surface area contributed by atoms with E-state index in [0.29, 0.717) is 6.67 Å². The molecule has 1 fully saturated rings. The second-order valence-corrected chi connectivity index (χ2v) is 5.89. The summed E-state index contributed by atoms with van der Waals surface area (Å²) in [6.45, 7) is 1.91. The molecule has 1 aliphatic rings. The minimum absolute atomic E-state index is 0.0299. The molecule has 2 aromatic rings. The van der Waals surface area contributed by atoms with Crippen molar-refractivity contribution in [3.8, 4) is 6.07 Å². The number of nitrogens with one attached hydrogen (secondary N) is 1. The van der Waals surface area contributed by atoms with Gasteiger partial charge in [0.05, 0.1) is 18.1 Å². The molecule has 0 radical (unpaired) electrons. The first-order valence-corrected chi connectivity index (χ1v) is 8.14. The molecule has 0 bridgehead atoms. The Morgan fingerprint density at radius 2 is 2.42 bits per heavy atom. The number of nitrogens with two attached hydrogens (primary N) is 1. The Hall–Kier alpha value is -2.66. The largest absolute Gasteiger partial charge is 0.346 e. The van der Waals surface area contributed by atoms with Crippen molar-refractivity contribution in [3.05, 3.63) is 18.6 Å². The number of hydrogen-bond donors (Lipinski definition) is 2. The van der Waals surface area contributed by atoms with E-state index in [0.717, 1.165) is 49.2 Å². The summed E-state index contributed by atoms with van der Waals surface area (Å²) in [7, 11) is 0. The number of amides is 1. The maximum absolute atomic E-state index is 11.8. The highest BCUT2D eigenvalue weighted by Crippen LogP contribution is 2.25. The number of rotatable bonds is 7. The smallest absolute Gasteiger partial charge is 0.237 e. The van der Waals surface area contributed by atoms with E-state index in [1.54, 1.807) is 0 Å². The Morgan fingerprint density at radius 1 is 1.54 bits per heavy atom. The third kappa shape index (κ3) is 3.16. The van der Waals surface area contributed by atoms with E-state index in [-0.39, 0.29) is 18.4 Å². The number of hydrogen-bond acceptors (Lipinski definition) is 6. The maximum atomic E-state index is 11.8. The standard InChI is InChI=1S/C16H21N7O/c17-6-3-14(24)23-9-5-12(23)2-1-8-22(10-18)16-13-4-7-19-15(13)20-11-21-16/h4,7,11-12H,1-3,5,8-10,18H2,(H,19,20,21)/t12-/m0/s1. The van der Waals surface area contributed by atoms with Crippen molar-refractivity contribution in [1.29, 1.82) is 5.26 Å². The summed E-state index contributed by atoms with van der Waals surface area (Å²) in [5, 5.41) is 9.59. The van der Waals surface area contributed by atoms with Crippen molar-refractivity contribution in [3.63, 3.8) is 0 Å². The van der Waals surface area contributed by atoms with Crippen LogP contribution in [0.4, 0.5) is 5.82 Å². The first-order chi connectivity index (χ1) is 11.7. The topological polar surface area (TPSA) is 115 Å². The highest BCUT2D eigenvalue weighted by molar-refractivity contribution is 5.87. The van der Waals surface area contributed by atoms with Crippen LogP contribution in [0.1, 0.15) is 25.7 Å². The van der Waals surface area contributed by atoms with E-state index in [1.165, 1.54) is 6.33 Å². The van der Waals surface area contributed by atoms with Crippen LogP contribution in [0.5, 0.6) is 0 Å². The Kier molecular flexibility index (Phi) is 4.91. The van der Waals surface area contributed by atoms with E-state index in [1.807, 2.05) is 28.1 Å². The molecule has 1 amide bonds. The van der Waals surface area contributed by atoms with Gasteiger partial charge in [-0.15, -0.1) is 0 Å². The molecule has 0 unspecified atom stereocenters. The lowest BCUT2D eigenvalue weighted by Gasteiger charge is -2.41. The SMILES string of the molecule is N#CCC(=O)N1CC[C@@H]1CCCN(CN)c1ncnc2[nH]ccc12. The highest BCUT2D eigenvalue weighted by Gasteiger charge is 2.31. The first-order valence-electron chi connectivity index (χ1n) is 8.14. The zero-order chi connectivity index (χ0) is 16.9. The number of carbonyl (C=O) groups excluding carboxylic acids is 1. The lowest BCUT2D eigenvalue weighted by Crippen LogP contribution is -2.51. The van der Waals surface area contributed by atoms with E-state index in [2.05, 4.69) is 15.0 Å². The van der Waals surface area contributed by atoms with Crippen LogP contribution in [0.2, 0.25) is 0 Å². The number of aromatic nitrogens is 3. The zero-order valence-corrected chi connectivity index (χ0v) is 13.5. The van der Waals surface area contributed by atoms with Crippen molar-refractivity contribution >= 4 is 22.8 Å². The molecular formula is C16H21N7O. The van der Waals surface area contributed by atoms with Gasteiger partial charge in [-0.3, -0.25) is 4.79 Å². The minimum atomic E-state index is -0.0609. The summed E-state index contributed by atoms with van der Waals surface area (Å²) < 4.78 is 0. The number of H-pyrrole nitrogens is 1. The van der Waals surface area contributed by atoms with Crippen LogP contribution in [0.25, 0.3) is 11.0 Å². The van der Waals surface area contributed by atoms with Crippen molar-refractivity contribution in [1.82, 2.24) is 19.9 Å². The lowest BCUT2D eigenvalue weighted by atomic mass is 9.97. The van der Waals surface area contributed by atoms with Crippen molar-refractivity contribution in [2.45, 2.75) is 31.7 Å². The van der Waals surface area contributed by atoms with Crippen LogP contribution < -0.4 is 10.6 Å². The fourth-order valence-corrected chi connectivity index (χ4v) is 3.15. The van der Waals surface area contributed by atoms with Gasteiger partial charge < -0.3 is 20.5 Å². The third-order valence-electron chi connectivity index (χ3n) is 4.51. The molecule has 0 aromatic carbocycles. The third-order valence-corrected chi connectivity index (χ3v) is 4.51. The molecular weight excluding hydrogens is 306 g/mol. The van der Waals surface area contributed by atoms with Gasteiger partial charge in [-0.25, -0.2) is 9.97 Å². The summed E-state index contributed by atoms with van der Waals surface area (Å²) in [4.78, 5) is 27.2. The molecule has 3 N–H and O–H groups in total. The Labute approximate surface area is 140 Å². The van der Waals surface area contributed by atoms with Crippen molar-refractivity contribution < 1.29 is 4.79 Å². The van der Waals surface area contributed by atoms with Gasteiger partial charge in [0.2, 0.25) is 5.91 Å². The number of likely N-dealkylation sites (tertiary alicyclic amines) is 1. The molecule has 0 saturated carbocycles. The lowest BCUT2D eigenvalue weighted by molar-refractivity contribution is -0.137. The quantitative estimate of drug-likeness (QED) is 0.732. The van der Waals surface area contributed by atoms with Gasteiger partial charge in [0, 0.05) is 25.3 Å². The second kappa shape index (κ2) is 7.27. The van der Waals surface area contributed by atoms with Crippen LogP contribution in [0.15, 0.2) is 18.6 Å². The average molecular weight is 327 g/mol. The van der Waals surface area contributed by atoms with E-state index < -0.39 is 0 Å². The van der Waals surface area contributed by atoms with Gasteiger partial charge in [-0.05, 0) is 25.3 Å². The molecule has 8 nitrogen and oxygen atoms in total. The second-order valence-electron chi connectivity index (χ2n) is 5.89. The first kappa shape index (κ1) is 16.2.